The molecule has 0 spiro atoms. The molecule has 0 saturated carbocycles. The second kappa shape index (κ2) is 10.8. The van der Waals surface area contributed by atoms with E-state index in [0.717, 1.165) is 0 Å². The predicted molar refractivity (Wildman–Crippen MR) is 114 cm³/mol. The first-order chi connectivity index (χ1) is 15.3. The van der Waals surface area contributed by atoms with Crippen molar-refractivity contribution in [1.82, 2.24) is 9.29 Å². The zero-order valence-corrected chi connectivity index (χ0v) is 19.2. The molecular formula is C19H23N3O8S2. The molecule has 1 aliphatic rings. The van der Waals surface area contributed by atoms with E-state index in [-0.39, 0.29) is 41.7 Å². The Morgan fingerprint density at radius 1 is 1.25 bits per heavy atom. The molecule has 1 amide bonds. The number of hydrogen-bond acceptors (Lipinski definition) is 10. The number of nitrogens with one attached hydrogen (secondary N) is 1. The van der Waals surface area contributed by atoms with Gasteiger partial charge in [-0.15, -0.1) is 11.3 Å². The zero-order chi connectivity index (χ0) is 23.1. The van der Waals surface area contributed by atoms with Crippen LogP contribution in [0.1, 0.15) is 15.5 Å². The van der Waals surface area contributed by atoms with Crippen LogP contribution in [-0.4, -0.2) is 76.7 Å². The molecule has 0 aliphatic carbocycles. The lowest BCUT2D eigenvalue weighted by Crippen LogP contribution is -2.40. The first-order valence-electron chi connectivity index (χ1n) is 9.51. The van der Waals surface area contributed by atoms with Crippen LogP contribution in [0, 0.1) is 0 Å². The molecule has 0 atom stereocenters. The van der Waals surface area contributed by atoms with Crippen molar-refractivity contribution < 1.29 is 37.0 Å². The zero-order valence-electron chi connectivity index (χ0n) is 17.5. The molecule has 13 heteroatoms. The fraction of sp³-hybridized carbons (Fsp3) is 0.421. The van der Waals surface area contributed by atoms with E-state index in [1.807, 2.05) is 0 Å². The van der Waals surface area contributed by atoms with E-state index in [9.17, 15) is 18.0 Å². The van der Waals surface area contributed by atoms with Crippen LogP contribution >= 0.6 is 11.3 Å². The summed E-state index contributed by atoms with van der Waals surface area (Å²) in [4.78, 5) is 28.3. The number of benzene rings is 1. The molecule has 1 N–H and O–H groups in total. The number of esters is 1. The molecule has 32 heavy (non-hydrogen) atoms. The standard InChI is InChI=1S/C19H23N3O8S2/c1-27-11-18-21-14(12-31-18)19(24)30-10-17(23)20-13-3-4-15(28-2)16(9-13)32(25,26)22-5-7-29-8-6-22/h3-4,9,12H,5-8,10-11H2,1-2H3,(H,20,23). The number of carbonyl (C=O) groups excluding carboxylic acids is 2. The van der Waals surface area contributed by atoms with Gasteiger partial charge in [0, 0.05) is 31.3 Å². The highest BCUT2D eigenvalue weighted by Crippen LogP contribution is 2.30. The molecule has 0 bridgehead atoms. The molecular weight excluding hydrogens is 462 g/mol. The third-order valence-electron chi connectivity index (χ3n) is 4.40. The number of ether oxygens (including phenoxy) is 4. The van der Waals surface area contributed by atoms with E-state index < -0.39 is 28.5 Å². The highest BCUT2D eigenvalue weighted by Gasteiger charge is 2.29. The van der Waals surface area contributed by atoms with Crippen molar-refractivity contribution in [2.75, 3.05) is 52.4 Å². The van der Waals surface area contributed by atoms with E-state index in [0.29, 0.717) is 18.2 Å². The summed E-state index contributed by atoms with van der Waals surface area (Å²) >= 11 is 1.24. The summed E-state index contributed by atoms with van der Waals surface area (Å²) < 4.78 is 47.7. The second-order valence-corrected chi connectivity index (χ2v) is 9.41. The summed E-state index contributed by atoms with van der Waals surface area (Å²) in [6, 6.07) is 4.25. The summed E-state index contributed by atoms with van der Waals surface area (Å²) in [6.45, 7) is 0.755. The van der Waals surface area contributed by atoms with Gasteiger partial charge < -0.3 is 24.3 Å². The number of thiazole rings is 1. The van der Waals surface area contributed by atoms with E-state index in [2.05, 4.69) is 10.3 Å². The number of anilines is 1. The number of carbonyl (C=O) groups is 2. The Bertz CT molecular complexity index is 1060. The average Bonchev–Trinajstić information content (AvgIpc) is 3.27. The fourth-order valence-corrected chi connectivity index (χ4v) is 5.20. The monoisotopic (exact) mass is 485 g/mol. The number of rotatable bonds is 9. The largest absolute Gasteiger partial charge is 0.495 e. The molecule has 1 fully saturated rings. The van der Waals surface area contributed by atoms with Gasteiger partial charge in [0.2, 0.25) is 10.0 Å². The quantitative estimate of drug-likeness (QED) is 0.519. The van der Waals surface area contributed by atoms with Crippen molar-refractivity contribution in [3.8, 4) is 5.75 Å². The molecule has 2 aromatic rings. The van der Waals surface area contributed by atoms with Gasteiger partial charge >= 0.3 is 5.97 Å². The first-order valence-corrected chi connectivity index (χ1v) is 11.8. The number of amides is 1. The Labute approximate surface area is 189 Å². The highest BCUT2D eigenvalue weighted by atomic mass is 32.2. The first kappa shape index (κ1) is 24.1. The van der Waals surface area contributed by atoms with Crippen molar-refractivity contribution in [3.63, 3.8) is 0 Å². The number of morpholine rings is 1. The van der Waals surface area contributed by atoms with Gasteiger partial charge in [-0.3, -0.25) is 4.79 Å². The van der Waals surface area contributed by atoms with Gasteiger partial charge in [-0.25, -0.2) is 18.2 Å². The summed E-state index contributed by atoms with van der Waals surface area (Å²) in [5.41, 5.74) is 0.299. The molecule has 1 aromatic carbocycles. The molecule has 1 aliphatic heterocycles. The Morgan fingerprint density at radius 2 is 2.00 bits per heavy atom. The van der Waals surface area contributed by atoms with Crippen molar-refractivity contribution in [2.24, 2.45) is 0 Å². The maximum absolute atomic E-state index is 13.0. The summed E-state index contributed by atoms with van der Waals surface area (Å²) in [6.07, 6.45) is 0. The molecule has 1 saturated heterocycles. The van der Waals surface area contributed by atoms with E-state index in [1.165, 1.54) is 53.4 Å². The van der Waals surface area contributed by atoms with Crippen molar-refractivity contribution >= 4 is 38.9 Å². The van der Waals surface area contributed by atoms with Gasteiger partial charge in [-0.1, -0.05) is 0 Å². The van der Waals surface area contributed by atoms with E-state index >= 15 is 0 Å². The molecule has 174 valence electrons. The Morgan fingerprint density at radius 3 is 2.69 bits per heavy atom. The van der Waals surface area contributed by atoms with E-state index in [1.54, 1.807) is 0 Å². The van der Waals surface area contributed by atoms with Crippen molar-refractivity contribution in [3.05, 3.63) is 34.3 Å². The van der Waals surface area contributed by atoms with E-state index in [4.69, 9.17) is 18.9 Å². The third kappa shape index (κ3) is 5.81. The normalized spacial score (nSPS) is 14.7. The lowest BCUT2D eigenvalue weighted by Gasteiger charge is -2.26. The average molecular weight is 486 g/mol. The second-order valence-electron chi connectivity index (χ2n) is 6.57. The molecule has 0 unspecified atom stereocenters. The number of methoxy groups -OCH3 is 2. The minimum atomic E-state index is -3.85. The lowest BCUT2D eigenvalue weighted by atomic mass is 10.3. The van der Waals surface area contributed by atoms with Gasteiger partial charge in [0.1, 0.15) is 15.7 Å². The Hall–Kier alpha value is -2.58. The van der Waals surface area contributed by atoms with Gasteiger partial charge in [-0.05, 0) is 18.2 Å². The molecule has 2 heterocycles. The van der Waals surface area contributed by atoms with Crippen molar-refractivity contribution in [1.29, 1.82) is 0 Å². The molecule has 3 rings (SSSR count). The maximum atomic E-state index is 13.0. The third-order valence-corrected chi connectivity index (χ3v) is 7.14. The van der Waals surface area contributed by atoms with Gasteiger partial charge in [-0.2, -0.15) is 4.31 Å². The van der Waals surface area contributed by atoms with Crippen molar-refractivity contribution in [2.45, 2.75) is 11.5 Å². The summed E-state index contributed by atoms with van der Waals surface area (Å²) in [5.74, 6) is -1.23. The van der Waals surface area contributed by atoms with Crippen LogP contribution in [0.5, 0.6) is 5.75 Å². The smallest absolute Gasteiger partial charge is 0.358 e. The fourth-order valence-electron chi connectivity index (χ4n) is 2.88. The highest BCUT2D eigenvalue weighted by molar-refractivity contribution is 7.89. The van der Waals surface area contributed by atoms with Crippen LogP contribution in [0.2, 0.25) is 0 Å². The minimum Gasteiger partial charge on any atom is -0.495 e. The van der Waals surface area contributed by atoms with Gasteiger partial charge in [0.25, 0.3) is 5.91 Å². The van der Waals surface area contributed by atoms with Crippen LogP contribution < -0.4 is 10.1 Å². The lowest BCUT2D eigenvalue weighted by molar-refractivity contribution is -0.119. The SMILES string of the molecule is COCc1nc(C(=O)OCC(=O)Nc2ccc(OC)c(S(=O)(=O)N3CCOCC3)c2)cs1. The number of aromatic nitrogens is 1. The van der Waals surface area contributed by atoms with Gasteiger partial charge in [0.15, 0.2) is 12.3 Å². The molecule has 0 radical (unpaired) electrons. The minimum absolute atomic E-state index is 0.0789. The molecule has 1 aromatic heterocycles. The number of nitrogens with zero attached hydrogens (tertiary/aromatic N) is 2. The summed E-state index contributed by atoms with van der Waals surface area (Å²) in [7, 11) is -0.976. The van der Waals surface area contributed by atoms with Crippen LogP contribution in [0.3, 0.4) is 0 Å². The van der Waals surface area contributed by atoms with Crippen LogP contribution in [0.15, 0.2) is 28.5 Å². The Balaban J connectivity index is 1.65. The molecule has 11 nitrogen and oxygen atoms in total. The summed E-state index contributed by atoms with van der Waals surface area (Å²) in [5, 5.41) is 4.65. The topological polar surface area (TPSA) is 133 Å². The number of sulfonamides is 1. The number of hydrogen-bond donors (Lipinski definition) is 1. The van der Waals surface area contributed by atoms with Crippen LogP contribution in [0.4, 0.5) is 5.69 Å². The van der Waals surface area contributed by atoms with Gasteiger partial charge in [0.05, 0.1) is 26.9 Å². The maximum Gasteiger partial charge on any atom is 0.358 e. The van der Waals surface area contributed by atoms with Crippen LogP contribution in [-0.2, 0) is 35.6 Å². The Kier molecular flexibility index (Phi) is 8.15. The van der Waals surface area contributed by atoms with Crippen LogP contribution in [0.25, 0.3) is 0 Å². The predicted octanol–water partition coefficient (Wildman–Crippen LogP) is 1.11.